The third kappa shape index (κ3) is 3.89. The standard InChI is InChI=1S/C24H28O11/c1-31-14-9-7-6-8-11(14)12-10-13-15(20(26)32-2)19(25)18(23(29)35-5)24(30,16(12)21(27)33-3)17(13)22(28)34-4/h6-9,12-13,16-18,25,30H,10H2,1-5H3/t12-,13-,16-,17-,18?,24+/m0/s1. The maximum Gasteiger partial charge on any atom is 0.337 e. The average molecular weight is 492 g/mol. The highest BCUT2D eigenvalue weighted by molar-refractivity contribution is 5.96. The molecular weight excluding hydrogens is 464 g/mol. The summed E-state index contributed by atoms with van der Waals surface area (Å²) in [7, 11) is 5.65. The molecule has 0 aromatic heterocycles. The van der Waals surface area contributed by atoms with Gasteiger partial charge in [-0.1, -0.05) is 18.2 Å². The second-order valence-corrected chi connectivity index (χ2v) is 8.33. The molecule has 190 valence electrons. The van der Waals surface area contributed by atoms with E-state index in [1.54, 1.807) is 24.3 Å². The van der Waals surface area contributed by atoms with E-state index in [2.05, 4.69) is 0 Å². The number of benzene rings is 1. The summed E-state index contributed by atoms with van der Waals surface area (Å²) in [6.45, 7) is 0. The first-order valence-electron chi connectivity index (χ1n) is 10.7. The van der Waals surface area contributed by atoms with Crippen LogP contribution in [0.1, 0.15) is 17.9 Å². The summed E-state index contributed by atoms with van der Waals surface area (Å²) in [5, 5.41) is 23.3. The molecule has 1 saturated carbocycles. The molecule has 1 fully saturated rings. The normalized spacial score (nSPS) is 29.6. The first kappa shape index (κ1) is 26.0. The number of carbonyl (C=O) groups is 4. The molecule has 0 saturated heterocycles. The van der Waals surface area contributed by atoms with Crippen LogP contribution >= 0.6 is 0 Å². The van der Waals surface area contributed by atoms with Crippen molar-refractivity contribution in [1.82, 2.24) is 0 Å². The summed E-state index contributed by atoms with van der Waals surface area (Å²) in [5.74, 6) is -11.9. The van der Waals surface area contributed by atoms with Gasteiger partial charge in [0.05, 0.1) is 53.0 Å². The van der Waals surface area contributed by atoms with Crippen LogP contribution in [0.15, 0.2) is 35.6 Å². The fraction of sp³-hybridized carbons (Fsp3) is 0.500. The maximum absolute atomic E-state index is 13.2. The van der Waals surface area contributed by atoms with Crippen LogP contribution in [-0.4, -0.2) is 75.2 Å². The number of aliphatic hydroxyl groups is 2. The van der Waals surface area contributed by atoms with E-state index in [1.807, 2.05) is 0 Å². The van der Waals surface area contributed by atoms with Crippen LogP contribution in [0.25, 0.3) is 0 Å². The van der Waals surface area contributed by atoms with Crippen molar-refractivity contribution in [3.63, 3.8) is 0 Å². The third-order valence-corrected chi connectivity index (χ3v) is 6.98. The highest BCUT2D eigenvalue weighted by atomic mass is 16.5. The van der Waals surface area contributed by atoms with Crippen LogP contribution in [0.4, 0.5) is 0 Å². The number of rotatable bonds is 6. The number of methoxy groups -OCH3 is 5. The van der Waals surface area contributed by atoms with Crippen molar-refractivity contribution in [3.05, 3.63) is 41.2 Å². The molecule has 1 aromatic rings. The first-order valence-corrected chi connectivity index (χ1v) is 10.7. The van der Waals surface area contributed by atoms with Crippen LogP contribution in [0.3, 0.4) is 0 Å². The number of ether oxygens (including phenoxy) is 5. The number of carbonyl (C=O) groups excluding carboxylic acids is 4. The molecule has 2 aliphatic carbocycles. The monoisotopic (exact) mass is 492 g/mol. The second kappa shape index (κ2) is 9.95. The quantitative estimate of drug-likeness (QED) is 0.430. The van der Waals surface area contributed by atoms with Gasteiger partial charge in [-0.25, -0.2) is 4.79 Å². The first-order chi connectivity index (χ1) is 16.6. The molecule has 0 amide bonds. The minimum absolute atomic E-state index is 0.0927. The Morgan fingerprint density at radius 2 is 1.37 bits per heavy atom. The van der Waals surface area contributed by atoms with E-state index in [0.717, 1.165) is 28.4 Å². The van der Waals surface area contributed by atoms with Crippen LogP contribution in [-0.2, 0) is 38.1 Å². The molecule has 2 N–H and O–H groups in total. The van der Waals surface area contributed by atoms with Crippen LogP contribution in [0.2, 0.25) is 0 Å². The van der Waals surface area contributed by atoms with Gasteiger partial charge in [0.2, 0.25) is 0 Å². The van der Waals surface area contributed by atoms with E-state index in [4.69, 9.17) is 23.7 Å². The summed E-state index contributed by atoms with van der Waals surface area (Å²) in [5.41, 5.74) is -2.51. The molecule has 0 radical (unpaired) electrons. The molecule has 6 atom stereocenters. The zero-order chi connectivity index (χ0) is 26.1. The van der Waals surface area contributed by atoms with Gasteiger partial charge in [0.25, 0.3) is 0 Å². The van der Waals surface area contributed by atoms with Gasteiger partial charge >= 0.3 is 23.9 Å². The van der Waals surface area contributed by atoms with Crippen molar-refractivity contribution in [2.24, 2.45) is 23.7 Å². The number of fused-ring (bicyclic) bond motifs is 2. The van der Waals surface area contributed by atoms with Crippen molar-refractivity contribution >= 4 is 23.9 Å². The van der Waals surface area contributed by atoms with Crippen molar-refractivity contribution in [2.45, 2.75) is 17.9 Å². The van der Waals surface area contributed by atoms with Gasteiger partial charge in [0.15, 0.2) is 0 Å². The lowest BCUT2D eigenvalue weighted by molar-refractivity contribution is -0.208. The van der Waals surface area contributed by atoms with Gasteiger partial charge in [-0.05, 0) is 18.1 Å². The summed E-state index contributed by atoms with van der Waals surface area (Å²) in [6, 6.07) is 6.69. The average Bonchev–Trinajstić information content (AvgIpc) is 2.86. The molecule has 35 heavy (non-hydrogen) atoms. The zero-order valence-corrected chi connectivity index (χ0v) is 20.0. The van der Waals surface area contributed by atoms with E-state index < -0.39 is 64.8 Å². The van der Waals surface area contributed by atoms with E-state index >= 15 is 0 Å². The van der Waals surface area contributed by atoms with E-state index in [-0.39, 0.29) is 12.0 Å². The van der Waals surface area contributed by atoms with E-state index in [9.17, 15) is 29.4 Å². The maximum atomic E-state index is 13.2. The van der Waals surface area contributed by atoms with Crippen LogP contribution in [0.5, 0.6) is 5.75 Å². The Bertz CT molecular complexity index is 1060. The number of hydrogen-bond acceptors (Lipinski definition) is 11. The van der Waals surface area contributed by atoms with Crippen molar-refractivity contribution < 1.29 is 53.1 Å². The molecule has 2 aliphatic rings. The summed E-state index contributed by atoms with van der Waals surface area (Å²) < 4.78 is 25.0. The Kier molecular flexibility index (Phi) is 7.39. The fourth-order valence-electron chi connectivity index (χ4n) is 5.62. The van der Waals surface area contributed by atoms with Crippen LogP contribution in [0, 0.1) is 23.7 Å². The topological polar surface area (TPSA) is 155 Å². The van der Waals surface area contributed by atoms with Gasteiger partial charge in [0.1, 0.15) is 23.0 Å². The lowest BCUT2D eigenvalue weighted by atomic mass is 9.49. The predicted octanol–water partition coefficient (Wildman–Crippen LogP) is 0.896. The van der Waals surface area contributed by atoms with Crippen LogP contribution < -0.4 is 4.74 Å². The van der Waals surface area contributed by atoms with Gasteiger partial charge in [-0.2, -0.15) is 0 Å². The summed E-state index contributed by atoms with van der Waals surface area (Å²) >= 11 is 0. The van der Waals surface area contributed by atoms with Gasteiger partial charge in [-0.3, -0.25) is 14.4 Å². The number of aliphatic hydroxyl groups excluding tert-OH is 1. The molecule has 11 heteroatoms. The number of hydrogen-bond donors (Lipinski definition) is 2. The molecule has 0 aliphatic heterocycles. The van der Waals surface area contributed by atoms with Crippen molar-refractivity contribution in [2.75, 3.05) is 35.5 Å². The highest BCUT2D eigenvalue weighted by Gasteiger charge is 2.71. The van der Waals surface area contributed by atoms with Crippen molar-refractivity contribution in [1.29, 1.82) is 0 Å². The second-order valence-electron chi connectivity index (χ2n) is 8.33. The van der Waals surface area contributed by atoms with E-state index in [0.29, 0.717) is 11.3 Å². The Hall–Kier alpha value is -3.60. The Morgan fingerprint density at radius 1 is 0.829 bits per heavy atom. The number of esters is 4. The molecule has 2 bridgehead atoms. The smallest absolute Gasteiger partial charge is 0.337 e. The third-order valence-electron chi connectivity index (χ3n) is 6.98. The minimum Gasteiger partial charge on any atom is -0.511 e. The largest absolute Gasteiger partial charge is 0.511 e. The molecule has 1 unspecified atom stereocenters. The molecule has 0 spiro atoms. The Morgan fingerprint density at radius 3 is 1.89 bits per heavy atom. The van der Waals surface area contributed by atoms with Gasteiger partial charge < -0.3 is 33.9 Å². The molecule has 0 heterocycles. The predicted molar refractivity (Wildman–Crippen MR) is 117 cm³/mol. The van der Waals surface area contributed by atoms with E-state index in [1.165, 1.54) is 7.11 Å². The van der Waals surface area contributed by atoms with Crippen molar-refractivity contribution in [3.8, 4) is 5.75 Å². The van der Waals surface area contributed by atoms with Gasteiger partial charge in [-0.15, -0.1) is 0 Å². The molecule has 3 rings (SSSR count). The summed E-state index contributed by atoms with van der Waals surface area (Å²) in [6.07, 6.45) is -0.0927. The molecular formula is C24H28O11. The molecule has 11 nitrogen and oxygen atoms in total. The zero-order valence-electron chi connectivity index (χ0n) is 20.0. The highest BCUT2D eigenvalue weighted by Crippen LogP contribution is 2.60. The summed E-state index contributed by atoms with van der Waals surface area (Å²) in [4.78, 5) is 52.0. The molecule has 1 aromatic carbocycles. The lowest BCUT2D eigenvalue weighted by Crippen LogP contribution is -2.68. The fourth-order valence-corrected chi connectivity index (χ4v) is 5.62. The lowest BCUT2D eigenvalue weighted by Gasteiger charge is -2.55. The Balaban J connectivity index is 2.44. The van der Waals surface area contributed by atoms with Gasteiger partial charge in [0, 0.05) is 11.8 Å². The minimum atomic E-state index is -2.59. The SMILES string of the molecule is COC(=O)C1=C(O)C(C(=O)OC)[C@]2(O)[C@H](C(=O)OC)[C@H]1C[C@@H](c1ccccc1OC)[C@H]2C(=O)OC. The number of para-hydroxylation sites is 1. The Labute approximate surface area is 201 Å².